The molecule has 0 unspecified atom stereocenters. The number of halogens is 3. The minimum Gasteiger partial charge on any atom is -0.497 e. The minimum atomic E-state index is -4.60. The molecular weight excluding hydrogens is 313 g/mol. The van der Waals surface area contributed by atoms with Gasteiger partial charge >= 0.3 is 12.2 Å². The molecule has 1 aliphatic rings. The second-order valence-corrected chi connectivity index (χ2v) is 5.24. The molecule has 5 nitrogen and oxygen atoms in total. The maximum Gasteiger partial charge on any atom is 0.412 e. The quantitative estimate of drug-likeness (QED) is 0.872. The molecule has 0 aliphatic carbocycles. The van der Waals surface area contributed by atoms with Crippen LogP contribution in [0.15, 0.2) is 24.3 Å². The van der Waals surface area contributed by atoms with Gasteiger partial charge in [-0.25, -0.2) is 4.79 Å². The minimum absolute atomic E-state index is 0.0643. The topological polar surface area (TPSA) is 59.6 Å². The Hall–Kier alpha value is -1.96. The summed E-state index contributed by atoms with van der Waals surface area (Å²) in [6, 6.07) is 2.42. The lowest BCUT2D eigenvalue weighted by Gasteiger charge is -2.23. The van der Waals surface area contributed by atoms with Gasteiger partial charge in [0.2, 0.25) is 0 Å². The second-order valence-electron chi connectivity index (χ2n) is 5.24. The van der Waals surface area contributed by atoms with Crippen LogP contribution in [0.3, 0.4) is 0 Å². The van der Waals surface area contributed by atoms with Crippen molar-refractivity contribution in [3.63, 3.8) is 0 Å². The van der Waals surface area contributed by atoms with Crippen LogP contribution in [-0.2, 0) is 4.74 Å². The zero-order valence-corrected chi connectivity index (χ0v) is 12.7. The highest BCUT2D eigenvalue weighted by atomic mass is 19.4. The number of ether oxygens (including phenoxy) is 2. The summed E-state index contributed by atoms with van der Waals surface area (Å²) in [5.74, 6) is 0.442. The van der Waals surface area contributed by atoms with Gasteiger partial charge in [-0.1, -0.05) is 12.1 Å². The van der Waals surface area contributed by atoms with Gasteiger partial charge in [-0.05, 0) is 30.5 Å². The van der Waals surface area contributed by atoms with Crippen LogP contribution in [0.2, 0.25) is 0 Å². The third kappa shape index (κ3) is 5.02. The average Bonchev–Trinajstić information content (AvgIpc) is 3.03. The monoisotopic (exact) mass is 332 g/mol. The number of hydrogen-bond donors (Lipinski definition) is 2. The molecule has 8 heteroatoms. The van der Waals surface area contributed by atoms with E-state index in [1.807, 2.05) is 5.32 Å². The highest BCUT2D eigenvalue weighted by molar-refractivity contribution is 5.74. The first-order valence-corrected chi connectivity index (χ1v) is 7.27. The summed E-state index contributed by atoms with van der Waals surface area (Å²) in [5, 5.41) is 4.38. The fourth-order valence-electron chi connectivity index (χ4n) is 2.34. The Labute approximate surface area is 132 Å². The number of benzene rings is 1. The first-order chi connectivity index (χ1) is 10.9. The number of hydrogen-bond acceptors (Lipinski definition) is 3. The van der Waals surface area contributed by atoms with Crippen LogP contribution in [0.5, 0.6) is 5.75 Å². The lowest BCUT2D eigenvalue weighted by Crippen LogP contribution is -2.45. The summed E-state index contributed by atoms with van der Waals surface area (Å²) >= 11 is 0. The van der Waals surface area contributed by atoms with E-state index in [0.717, 1.165) is 12.8 Å². The number of carbonyl (C=O) groups is 1. The summed E-state index contributed by atoms with van der Waals surface area (Å²) in [5.41, 5.74) is -0.0643. The number of amides is 2. The number of nitrogens with one attached hydrogen (secondary N) is 2. The Balaban J connectivity index is 1.98. The average molecular weight is 332 g/mol. The van der Waals surface area contributed by atoms with Crippen molar-refractivity contribution >= 4 is 6.03 Å². The first-order valence-electron chi connectivity index (χ1n) is 7.27. The Morgan fingerprint density at radius 2 is 2.09 bits per heavy atom. The molecule has 2 N–H and O–H groups in total. The SMILES string of the molecule is COc1ccc([C@H](NC(=O)NC[C@H]2CCCO2)C(F)(F)F)cc1. The van der Waals surface area contributed by atoms with Crippen molar-refractivity contribution in [2.45, 2.75) is 31.2 Å². The third-order valence-corrected chi connectivity index (χ3v) is 3.57. The van der Waals surface area contributed by atoms with Gasteiger partial charge in [0, 0.05) is 13.2 Å². The molecule has 1 fully saturated rings. The normalized spacial score (nSPS) is 19.2. The van der Waals surface area contributed by atoms with Gasteiger partial charge in [-0.15, -0.1) is 0 Å². The summed E-state index contributed by atoms with van der Waals surface area (Å²) in [6.45, 7) is 0.810. The summed E-state index contributed by atoms with van der Waals surface area (Å²) in [4.78, 5) is 11.8. The molecule has 2 amide bonds. The predicted molar refractivity (Wildman–Crippen MR) is 77.3 cm³/mol. The van der Waals surface area contributed by atoms with E-state index in [9.17, 15) is 18.0 Å². The van der Waals surface area contributed by atoms with Crippen molar-refractivity contribution in [2.24, 2.45) is 0 Å². The zero-order chi connectivity index (χ0) is 16.9. The summed E-state index contributed by atoms with van der Waals surface area (Å²) in [7, 11) is 1.42. The molecule has 1 aromatic rings. The molecule has 1 aromatic carbocycles. The fraction of sp³-hybridized carbons (Fsp3) is 0.533. The lowest BCUT2D eigenvalue weighted by atomic mass is 10.1. The van der Waals surface area contributed by atoms with Crippen molar-refractivity contribution in [1.29, 1.82) is 0 Å². The van der Waals surface area contributed by atoms with Gasteiger partial charge < -0.3 is 20.1 Å². The van der Waals surface area contributed by atoms with Crippen LogP contribution >= 0.6 is 0 Å². The molecule has 1 aliphatic heterocycles. The molecule has 2 atom stereocenters. The molecule has 0 radical (unpaired) electrons. The highest BCUT2D eigenvalue weighted by Crippen LogP contribution is 2.33. The molecule has 1 saturated heterocycles. The molecule has 23 heavy (non-hydrogen) atoms. The Morgan fingerprint density at radius 1 is 1.39 bits per heavy atom. The van der Waals surface area contributed by atoms with Crippen molar-refractivity contribution in [3.8, 4) is 5.75 Å². The van der Waals surface area contributed by atoms with E-state index in [-0.39, 0.29) is 18.2 Å². The largest absolute Gasteiger partial charge is 0.497 e. The van der Waals surface area contributed by atoms with Gasteiger partial charge in [0.25, 0.3) is 0 Å². The van der Waals surface area contributed by atoms with Crippen LogP contribution in [-0.4, -0.2) is 38.6 Å². The molecule has 128 valence electrons. The van der Waals surface area contributed by atoms with E-state index >= 15 is 0 Å². The van der Waals surface area contributed by atoms with E-state index in [2.05, 4.69) is 5.32 Å². The number of alkyl halides is 3. The van der Waals surface area contributed by atoms with Gasteiger partial charge in [0.15, 0.2) is 6.04 Å². The number of methoxy groups -OCH3 is 1. The molecular formula is C15H19F3N2O3. The van der Waals surface area contributed by atoms with Gasteiger partial charge in [0.05, 0.1) is 13.2 Å². The van der Waals surface area contributed by atoms with E-state index in [0.29, 0.717) is 12.4 Å². The smallest absolute Gasteiger partial charge is 0.412 e. The van der Waals surface area contributed by atoms with Crippen molar-refractivity contribution in [2.75, 3.05) is 20.3 Å². The van der Waals surface area contributed by atoms with Crippen LogP contribution in [0.25, 0.3) is 0 Å². The molecule has 1 heterocycles. The fourth-order valence-corrected chi connectivity index (χ4v) is 2.34. The number of carbonyl (C=O) groups excluding carboxylic acids is 1. The van der Waals surface area contributed by atoms with Gasteiger partial charge in [-0.3, -0.25) is 0 Å². The van der Waals surface area contributed by atoms with Crippen molar-refractivity contribution in [1.82, 2.24) is 10.6 Å². The molecule has 0 aromatic heterocycles. The Bertz CT molecular complexity index is 514. The number of urea groups is 1. The van der Waals surface area contributed by atoms with Crippen LogP contribution in [0, 0.1) is 0 Å². The predicted octanol–water partition coefficient (Wildman–Crippen LogP) is 2.78. The lowest BCUT2D eigenvalue weighted by molar-refractivity contribution is -0.154. The standard InChI is InChI=1S/C15H19F3N2O3/c1-22-11-6-4-10(5-7-11)13(15(16,17)18)20-14(21)19-9-12-3-2-8-23-12/h4-7,12-13H,2-3,8-9H2,1H3,(H2,19,20,21)/t12-,13+/m1/s1. The van der Waals surface area contributed by atoms with Crippen LogP contribution < -0.4 is 15.4 Å². The van der Waals surface area contributed by atoms with E-state index in [1.165, 1.54) is 31.4 Å². The Kier molecular flexibility index (Phi) is 5.70. The van der Waals surface area contributed by atoms with Crippen LogP contribution in [0.4, 0.5) is 18.0 Å². The molecule has 0 spiro atoms. The van der Waals surface area contributed by atoms with E-state index in [1.54, 1.807) is 0 Å². The molecule has 2 rings (SSSR count). The van der Waals surface area contributed by atoms with Crippen LogP contribution in [0.1, 0.15) is 24.4 Å². The maximum atomic E-state index is 13.2. The zero-order valence-electron chi connectivity index (χ0n) is 12.7. The van der Waals surface area contributed by atoms with E-state index in [4.69, 9.17) is 9.47 Å². The Morgan fingerprint density at radius 3 is 2.61 bits per heavy atom. The van der Waals surface area contributed by atoms with Gasteiger partial charge in [0.1, 0.15) is 5.75 Å². The molecule has 0 bridgehead atoms. The second kappa shape index (κ2) is 7.54. The highest BCUT2D eigenvalue weighted by Gasteiger charge is 2.42. The van der Waals surface area contributed by atoms with Gasteiger partial charge in [-0.2, -0.15) is 13.2 Å². The van der Waals surface area contributed by atoms with E-state index < -0.39 is 18.2 Å². The number of rotatable bonds is 5. The maximum absolute atomic E-state index is 13.2. The van der Waals surface area contributed by atoms with Crippen molar-refractivity contribution < 1.29 is 27.4 Å². The summed E-state index contributed by atoms with van der Waals surface area (Å²) < 4.78 is 49.8. The van der Waals surface area contributed by atoms with Crippen molar-refractivity contribution in [3.05, 3.63) is 29.8 Å². The summed E-state index contributed by atoms with van der Waals surface area (Å²) in [6.07, 6.45) is -3.05. The first kappa shape index (κ1) is 17.4. The third-order valence-electron chi connectivity index (χ3n) is 3.57. The molecule has 0 saturated carbocycles.